The van der Waals surface area contributed by atoms with Gasteiger partial charge in [-0.15, -0.1) is 0 Å². The molecule has 0 heterocycles. The van der Waals surface area contributed by atoms with Crippen LogP contribution in [0, 0.1) is 0 Å². The fraction of sp³-hybridized carbons (Fsp3) is 0.803. The minimum absolute atomic E-state index is 0.0842. The number of allylic oxidation sites excluding steroid dienone is 10. The molecule has 0 rings (SSSR count). The van der Waals surface area contributed by atoms with Crippen LogP contribution in [0.2, 0.25) is 0 Å². The molecule has 0 aliphatic carbocycles. The van der Waals surface area contributed by atoms with E-state index >= 15 is 0 Å². The van der Waals surface area contributed by atoms with Gasteiger partial charge in [-0.2, -0.15) is 0 Å². The first-order valence-corrected chi connectivity index (χ1v) is 31.3. The molecule has 0 saturated carbocycles. The molecule has 0 N–H and O–H groups in total. The molecular weight excluding hydrogens is 889 g/mol. The van der Waals surface area contributed by atoms with E-state index in [2.05, 4.69) is 81.5 Å². The van der Waals surface area contributed by atoms with Crippen molar-refractivity contribution < 1.29 is 28.6 Å². The molecule has 0 aliphatic rings. The molecule has 6 heteroatoms. The fourth-order valence-corrected chi connectivity index (χ4v) is 9.08. The topological polar surface area (TPSA) is 78.9 Å². The van der Waals surface area contributed by atoms with E-state index < -0.39 is 6.10 Å². The van der Waals surface area contributed by atoms with Gasteiger partial charge in [0.15, 0.2) is 6.10 Å². The summed E-state index contributed by atoms with van der Waals surface area (Å²) in [6, 6.07) is 0. The van der Waals surface area contributed by atoms with E-state index in [0.29, 0.717) is 19.3 Å². The standard InChI is InChI=1S/C66H118O6/c1-4-7-10-13-16-19-22-25-27-29-30-31-32-33-34-35-37-38-41-44-47-50-53-56-59-65(68)71-62-63(61-70-64(67)58-55-52-49-46-43-40-24-21-18-15-12-9-6-3)72-66(69)60-57-54-51-48-45-42-39-36-28-26-23-20-17-14-11-8-5-2/h9,12,17-18,20-21,26,28,40,43,63H,4-8,10-11,13-16,19,22-25,27,29-39,41-42,44-62H2,1-3H3/b12-9-,20-17-,21-18-,28-26-,43-40-. The predicted octanol–water partition coefficient (Wildman–Crippen LogP) is 21.2. The van der Waals surface area contributed by atoms with Crippen LogP contribution in [0.4, 0.5) is 0 Å². The van der Waals surface area contributed by atoms with Crippen molar-refractivity contribution in [3.8, 4) is 0 Å². The Labute approximate surface area is 447 Å². The summed E-state index contributed by atoms with van der Waals surface area (Å²) >= 11 is 0. The number of carbonyl (C=O) groups is 3. The van der Waals surface area contributed by atoms with E-state index in [9.17, 15) is 14.4 Å². The van der Waals surface area contributed by atoms with Crippen LogP contribution in [0.5, 0.6) is 0 Å². The largest absolute Gasteiger partial charge is 0.462 e. The zero-order valence-electron chi connectivity index (χ0n) is 47.9. The average Bonchev–Trinajstić information content (AvgIpc) is 3.38. The normalized spacial score (nSPS) is 12.4. The molecule has 0 aliphatic heterocycles. The van der Waals surface area contributed by atoms with Gasteiger partial charge in [0.1, 0.15) is 13.2 Å². The highest BCUT2D eigenvalue weighted by molar-refractivity contribution is 5.71. The minimum atomic E-state index is -0.790. The van der Waals surface area contributed by atoms with Crippen LogP contribution in [-0.2, 0) is 28.6 Å². The van der Waals surface area contributed by atoms with E-state index in [1.54, 1.807) is 0 Å². The van der Waals surface area contributed by atoms with Crippen molar-refractivity contribution in [3.63, 3.8) is 0 Å². The highest BCUT2D eigenvalue weighted by Crippen LogP contribution is 2.17. The van der Waals surface area contributed by atoms with Gasteiger partial charge in [-0.1, -0.05) is 281 Å². The summed E-state index contributed by atoms with van der Waals surface area (Å²) in [6.07, 6.45) is 76.6. The molecule has 0 aromatic rings. The maximum Gasteiger partial charge on any atom is 0.306 e. The molecule has 1 atom stereocenters. The van der Waals surface area contributed by atoms with Crippen LogP contribution in [0.1, 0.15) is 323 Å². The highest BCUT2D eigenvalue weighted by Gasteiger charge is 2.19. The maximum atomic E-state index is 12.9. The van der Waals surface area contributed by atoms with Gasteiger partial charge < -0.3 is 14.2 Å². The number of esters is 3. The van der Waals surface area contributed by atoms with Crippen molar-refractivity contribution in [2.45, 2.75) is 329 Å². The van der Waals surface area contributed by atoms with Crippen LogP contribution < -0.4 is 0 Å². The van der Waals surface area contributed by atoms with Crippen LogP contribution >= 0.6 is 0 Å². The van der Waals surface area contributed by atoms with Crippen LogP contribution in [0.3, 0.4) is 0 Å². The summed E-state index contributed by atoms with van der Waals surface area (Å²) in [4.78, 5) is 38.2. The number of hydrogen-bond acceptors (Lipinski definition) is 6. The summed E-state index contributed by atoms with van der Waals surface area (Å²) in [7, 11) is 0. The monoisotopic (exact) mass is 1010 g/mol. The van der Waals surface area contributed by atoms with Crippen molar-refractivity contribution in [1.82, 2.24) is 0 Å². The Balaban J connectivity index is 4.28. The third kappa shape index (κ3) is 58.0. The molecule has 0 spiro atoms. The smallest absolute Gasteiger partial charge is 0.306 e. The molecule has 0 bridgehead atoms. The van der Waals surface area contributed by atoms with Crippen molar-refractivity contribution in [2.24, 2.45) is 0 Å². The van der Waals surface area contributed by atoms with Crippen LogP contribution in [0.25, 0.3) is 0 Å². The summed E-state index contributed by atoms with van der Waals surface area (Å²) in [5.41, 5.74) is 0. The van der Waals surface area contributed by atoms with Crippen molar-refractivity contribution in [3.05, 3.63) is 60.8 Å². The Morgan fingerprint density at radius 2 is 0.542 bits per heavy atom. The quantitative estimate of drug-likeness (QED) is 0.0261. The van der Waals surface area contributed by atoms with Gasteiger partial charge in [0.25, 0.3) is 0 Å². The second kappa shape index (κ2) is 60.7. The number of ether oxygens (including phenoxy) is 3. The number of carbonyl (C=O) groups excluding carboxylic acids is 3. The SMILES string of the molecule is CC/C=C\C/C=C\C/C=C\CCCCCC(=O)OCC(COC(=O)CCCCCCCCCCCCCCCCCCCCCCCCCC)OC(=O)CCCCCCCCC/C=C\C/C=C\CCCCC. The molecule has 0 fully saturated rings. The average molecular weight is 1010 g/mol. The summed E-state index contributed by atoms with van der Waals surface area (Å²) < 4.78 is 16.9. The Kier molecular flexibility index (Phi) is 58.2. The molecule has 72 heavy (non-hydrogen) atoms. The van der Waals surface area contributed by atoms with E-state index in [1.807, 2.05) is 0 Å². The molecule has 6 nitrogen and oxygen atoms in total. The highest BCUT2D eigenvalue weighted by atomic mass is 16.6. The fourth-order valence-electron chi connectivity index (χ4n) is 9.08. The van der Waals surface area contributed by atoms with Crippen molar-refractivity contribution >= 4 is 17.9 Å². The van der Waals surface area contributed by atoms with Crippen molar-refractivity contribution in [1.29, 1.82) is 0 Å². The Bertz CT molecular complexity index is 1290. The second-order valence-corrected chi connectivity index (χ2v) is 20.9. The number of rotatable bonds is 57. The zero-order chi connectivity index (χ0) is 52.2. The lowest BCUT2D eigenvalue weighted by Crippen LogP contribution is -2.30. The predicted molar refractivity (Wildman–Crippen MR) is 312 cm³/mol. The molecule has 1 unspecified atom stereocenters. The second-order valence-electron chi connectivity index (χ2n) is 20.9. The molecule has 0 amide bonds. The first-order valence-electron chi connectivity index (χ1n) is 31.3. The number of unbranched alkanes of at least 4 members (excludes halogenated alkanes) is 36. The van der Waals surface area contributed by atoms with Gasteiger partial charge >= 0.3 is 17.9 Å². The van der Waals surface area contributed by atoms with Crippen LogP contribution in [0.15, 0.2) is 60.8 Å². The first kappa shape index (κ1) is 69.1. The van der Waals surface area contributed by atoms with E-state index in [-0.39, 0.29) is 31.1 Å². The van der Waals surface area contributed by atoms with Gasteiger partial charge in [-0.25, -0.2) is 0 Å². The van der Waals surface area contributed by atoms with Gasteiger partial charge in [-0.3, -0.25) is 14.4 Å². The van der Waals surface area contributed by atoms with Gasteiger partial charge in [-0.05, 0) is 83.5 Å². The van der Waals surface area contributed by atoms with Gasteiger partial charge in [0, 0.05) is 19.3 Å². The molecule has 0 radical (unpaired) electrons. The summed E-state index contributed by atoms with van der Waals surface area (Å²) in [5, 5.41) is 0. The zero-order valence-corrected chi connectivity index (χ0v) is 47.9. The molecule has 0 aromatic carbocycles. The maximum absolute atomic E-state index is 12.9. The Hall–Kier alpha value is -2.89. The Morgan fingerprint density at radius 1 is 0.292 bits per heavy atom. The van der Waals surface area contributed by atoms with E-state index in [0.717, 1.165) is 96.3 Å². The van der Waals surface area contributed by atoms with E-state index in [4.69, 9.17) is 14.2 Å². The molecule has 0 aromatic heterocycles. The van der Waals surface area contributed by atoms with E-state index in [1.165, 1.54) is 186 Å². The Morgan fingerprint density at radius 3 is 0.889 bits per heavy atom. The summed E-state index contributed by atoms with van der Waals surface area (Å²) in [5.74, 6) is -0.907. The molecule has 418 valence electrons. The number of hydrogen-bond donors (Lipinski definition) is 0. The lowest BCUT2D eigenvalue weighted by molar-refractivity contribution is -0.167. The lowest BCUT2D eigenvalue weighted by Gasteiger charge is -2.18. The van der Waals surface area contributed by atoms with Crippen molar-refractivity contribution in [2.75, 3.05) is 13.2 Å². The first-order chi connectivity index (χ1) is 35.5. The van der Waals surface area contributed by atoms with Crippen LogP contribution in [-0.4, -0.2) is 37.2 Å². The third-order valence-corrected chi connectivity index (χ3v) is 13.8. The van der Waals surface area contributed by atoms with Gasteiger partial charge in [0.2, 0.25) is 0 Å². The minimum Gasteiger partial charge on any atom is -0.462 e. The lowest BCUT2D eigenvalue weighted by atomic mass is 10.0. The summed E-state index contributed by atoms with van der Waals surface area (Å²) in [6.45, 7) is 6.51. The van der Waals surface area contributed by atoms with Gasteiger partial charge in [0.05, 0.1) is 0 Å². The molecular formula is C66H118O6. The molecule has 0 saturated heterocycles. The third-order valence-electron chi connectivity index (χ3n) is 13.8.